The minimum Gasteiger partial charge on any atom is -0.497 e. The SMILES string of the molecule is COc1cccc(-c2nnc3n2CCCC3)c1. The summed E-state index contributed by atoms with van der Waals surface area (Å²) in [7, 11) is 1.68. The molecule has 2 aromatic rings. The van der Waals surface area contributed by atoms with Gasteiger partial charge in [-0.25, -0.2) is 0 Å². The normalized spacial score (nSPS) is 14.4. The maximum atomic E-state index is 5.24. The number of aromatic nitrogens is 3. The molecule has 0 saturated carbocycles. The van der Waals surface area contributed by atoms with Crippen LogP contribution in [0.3, 0.4) is 0 Å². The lowest BCUT2D eigenvalue weighted by Gasteiger charge is -2.14. The van der Waals surface area contributed by atoms with E-state index in [1.165, 1.54) is 12.8 Å². The largest absolute Gasteiger partial charge is 0.497 e. The first-order chi connectivity index (χ1) is 8.38. The molecule has 0 atom stereocenters. The number of fused-ring (bicyclic) bond motifs is 1. The van der Waals surface area contributed by atoms with Crippen LogP contribution in [0.5, 0.6) is 5.75 Å². The average molecular weight is 229 g/mol. The van der Waals surface area contributed by atoms with E-state index in [9.17, 15) is 0 Å². The quantitative estimate of drug-likeness (QED) is 0.793. The van der Waals surface area contributed by atoms with Crippen molar-refractivity contribution in [3.63, 3.8) is 0 Å². The number of rotatable bonds is 2. The van der Waals surface area contributed by atoms with Crippen molar-refractivity contribution in [3.05, 3.63) is 30.1 Å². The molecule has 1 aliphatic rings. The smallest absolute Gasteiger partial charge is 0.164 e. The second-order valence-electron chi connectivity index (χ2n) is 4.28. The fourth-order valence-electron chi connectivity index (χ4n) is 2.28. The van der Waals surface area contributed by atoms with E-state index in [2.05, 4.69) is 20.8 Å². The first kappa shape index (κ1) is 10.3. The van der Waals surface area contributed by atoms with Gasteiger partial charge in [0.15, 0.2) is 5.82 Å². The highest BCUT2D eigenvalue weighted by Crippen LogP contribution is 2.25. The van der Waals surface area contributed by atoms with Crippen molar-refractivity contribution >= 4 is 0 Å². The van der Waals surface area contributed by atoms with Crippen molar-refractivity contribution in [3.8, 4) is 17.1 Å². The van der Waals surface area contributed by atoms with Crippen LogP contribution in [0.2, 0.25) is 0 Å². The first-order valence-corrected chi connectivity index (χ1v) is 5.95. The molecule has 1 aromatic carbocycles. The molecule has 1 aliphatic heterocycles. The number of nitrogens with zero attached hydrogens (tertiary/aromatic N) is 3. The standard InChI is InChI=1S/C13H15N3O/c1-17-11-6-4-5-10(9-11)13-15-14-12-7-2-3-8-16(12)13/h4-6,9H,2-3,7-8H2,1H3. The molecule has 88 valence electrons. The molecular weight excluding hydrogens is 214 g/mol. The van der Waals surface area contributed by atoms with E-state index in [1.807, 2.05) is 18.2 Å². The van der Waals surface area contributed by atoms with Crippen LogP contribution in [0, 0.1) is 0 Å². The van der Waals surface area contributed by atoms with E-state index in [-0.39, 0.29) is 0 Å². The molecule has 17 heavy (non-hydrogen) atoms. The van der Waals surface area contributed by atoms with Crippen LogP contribution in [0.4, 0.5) is 0 Å². The van der Waals surface area contributed by atoms with Gasteiger partial charge in [0.25, 0.3) is 0 Å². The zero-order valence-electron chi connectivity index (χ0n) is 9.89. The lowest BCUT2D eigenvalue weighted by Crippen LogP contribution is -2.11. The van der Waals surface area contributed by atoms with Gasteiger partial charge in [-0.15, -0.1) is 10.2 Å². The molecule has 4 heteroatoms. The van der Waals surface area contributed by atoms with Crippen LogP contribution in [0.25, 0.3) is 11.4 Å². The molecule has 3 rings (SSSR count). The Hall–Kier alpha value is -1.84. The highest BCUT2D eigenvalue weighted by molar-refractivity contribution is 5.58. The maximum absolute atomic E-state index is 5.24. The Morgan fingerprint density at radius 3 is 3.06 bits per heavy atom. The summed E-state index contributed by atoms with van der Waals surface area (Å²) in [6, 6.07) is 7.98. The van der Waals surface area contributed by atoms with Gasteiger partial charge in [0.2, 0.25) is 0 Å². The third-order valence-electron chi connectivity index (χ3n) is 3.19. The van der Waals surface area contributed by atoms with Gasteiger partial charge >= 0.3 is 0 Å². The summed E-state index contributed by atoms with van der Waals surface area (Å²) in [5.74, 6) is 2.92. The number of ether oxygens (including phenoxy) is 1. The first-order valence-electron chi connectivity index (χ1n) is 5.95. The molecule has 2 heterocycles. The van der Waals surface area contributed by atoms with Gasteiger partial charge in [0, 0.05) is 18.5 Å². The topological polar surface area (TPSA) is 39.9 Å². The predicted molar refractivity (Wildman–Crippen MR) is 64.9 cm³/mol. The van der Waals surface area contributed by atoms with E-state index in [1.54, 1.807) is 7.11 Å². The summed E-state index contributed by atoms with van der Waals surface area (Å²) in [6.45, 7) is 1.02. The molecule has 0 unspecified atom stereocenters. The van der Waals surface area contributed by atoms with Gasteiger partial charge in [-0.1, -0.05) is 12.1 Å². The molecule has 0 radical (unpaired) electrons. The van der Waals surface area contributed by atoms with E-state index in [0.29, 0.717) is 0 Å². The molecular formula is C13H15N3O. The Kier molecular flexibility index (Phi) is 2.55. The highest BCUT2D eigenvalue weighted by atomic mass is 16.5. The number of aryl methyl sites for hydroxylation is 1. The Morgan fingerprint density at radius 2 is 2.18 bits per heavy atom. The third-order valence-corrected chi connectivity index (χ3v) is 3.19. The van der Waals surface area contributed by atoms with Gasteiger partial charge in [-0.2, -0.15) is 0 Å². The summed E-state index contributed by atoms with van der Waals surface area (Å²) >= 11 is 0. The fraction of sp³-hybridized carbons (Fsp3) is 0.385. The second-order valence-corrected chi connectivity index (χ2v) is 4.28. The van der Waals surface area contributed by atoms with Crippen LogP contribution < -0.4 is 4.74 Å². The van der Waals surface area contributed by atoms with Crippen LogP contribution in [0.1, 0.15) is 18.7 Å². The number of benzene rings is 1. The lowest BCUT2D eigenvalue weighted by molar-refractivity contribution is 0.415. The van der Waals surface area contributed by atoms with Crippen molar-refractivity contribution in [2.45, 2.75) is 25.8 Å². The second kappa shape index (κ2) is 4.20. The van der Waals surface area contributed by atoms with Crippen molar-refractivity contribution in [2.75, 3.05) is 7.11 Å². The zero-order chi connectivity index (χ0) is 11.7. The van der Waals surface area contributed by atoms with Crippen molar-refractivity contribution < 1.29 is 4.74 Å². The average Bonchev–Trinajstić information content (AvgIpc) is 2.82. The van der Waals surface area contributed by atoms with Gasteiger partial charge in [0.05, 0.1) is 7.11 Å². The fourth-order valence-corrected chi connectivity index (χ4v) is 2.28. The summed E-state index contributed by atoms with van der Waals surface area (Å²) in [4.78, 5) is 0. The van der Waals surface area contributed by atoms with E-state index < -0.39 is 0 Å². The van der Waals surface area contributed by atoms with Crippen LogP contribution in [-0.2, 0) is 13.0 Å². The van der Waals surface area contributed by atoms with Crippen LogP contribution in [0.15, 0.2) is 24.3 Å². The Labute approximate surface area is 100 Å². The Balaban J connectivity index is 2.05. The monoisotopic (exact) mass is 229 g/mol. The molecule has 0 bridgehead atoms. The molecule has 0 spiro atoms. The van der Waals surface area contributed by atoms with E-state index in [4.69, 9.17) is 4.74 Å². The van der Waals surface area contributed by atoms with Gasteiger partial charge in [-0.3, -0.25) is 0 Å². The summed E-state index contributed by atoms with van der Waals surface area (Å²) < 4.78 is 7.46. The minimum atomic E-state index is 0.857. The molecule has 0 fully saturated rings. The zero-order valence-corrected chi connectivity index (χ0v) is 9.89. The number of methoxy groups -OCH3 is 1. The number of hydrogen-bond donors (Lipinski definition) is 0. The van der Waals surface area contributed by atoms with E-state index >= 15 is 0 Å². The molecule has 0 saturated heterocycles. The lowest BCUT2D eigenvalue weighted by atomic mass is 10.1. The Morgan fingerprint density at radius 1 is 1.24 bits per heavy atom. The predicted octanol–water partition coefficient (Wildman–Crippen LogP) is 2.29. The molecule has 1 aromatic heterocycles. The van der Waals surface area contributed by atoms with Crippen molar-refractivity contribution in [1.82, 2.24) is 14.8 Å². The minimum absolute atomic E-state index is 0.857. The van der Waals surface area contributed by atoms with Gasteiger partial charge in [0.1, 0.15) is 11.6 Å². The van der Waals surface area contributed by atoms with Crippen molar-refractivity contribution in [1.29, 1.82) is 0 Å². The maximum Gasteiger partial charge on any atom is 0.164 e. The summed E-state index contributed by atoms with van der Waals surface area (Å²) in [6.07, 6.45) is 3.47. The third kappa shape index (κ3) is 1.79. The highest BCUT2D eigenvalue weighted by Gasteiger charge is 2.16. The van der Waals surface area contributed by atoms with Crippen LogP contribution >= 0.6 is 0 Å². The van der Waals surface area contributed by atoms with E-state index in [0.717, 1.165) is 35.9 Å². The van der Waals surface area contributed by atoms with Gasteiger partial charge in [-0.05, 0) is 25.0 Å². The van der Waals surface area contributed by atoms with Gasteiger partial charge < -0.3 is 9.30 Å². The summed E-state index contributed by atoms with van der Waals surface area (Å²) in [5.41, 5.74) is 1.07. The molecule has 0 N–H and O–H groups in total. The number of hydrogen-bond acceptors (Lipinski definition) is 3. The van der Waals surface area contributed by atoms with Crippen molar-refractivity contribution in [2.24, 2.45) is 0 Å². The molecule has 0 aliphatic carbocycles. The summed E-state index contributed by atoms with van der Waals surface area (Å²) in [5, 5.41) is 8.56. The molecule has 4 nitrogen and oxygen atoms in total. The van der Waals surface area contributed by atoms with Crippen LogP contribution in [-0.4, -0.2) is 21.9 Å². The Bertz CT molecular complexity index is 533. The molecule has 0 amide bonds.